The van der Waals surface area contributed by atoms with Gasteiger partial charge in [-0.15, -0.1) is 0 Å². The fraction of sp³-hybridized carbons (Fsp3) is 0.636. The smallest absolute Gasteiger partial charge is 0.243 e. The van der Waals surface area contributed by atoms with Gasteiger partial charge in [0.15, 0.2) is 17.5 Å². The van der Waals surface area contributed by atoms with Crippen LogP contribution in [0.5, 0.6) is 11.5 Å². The molecule has 0 bridgehead atoms. The van der Waals surface area contributed by atoms with Crippen molar-refractivity contribution < 1.29 is 19.0 Å². The van der Waals surface area contributed by atoms with E-state index in [0.29, 0.717) is 25.7 Å². The van der Waals surface area contributed by atoms with Crippen molar-refractivity contribution >= 4 is 11.9 Å². The summed E-state index contributed by atoms with van der Waals surface area (Å²) in [4.78, 5) is 18.0. The van der Waals surface area contributed by atoms with Gasteiger partial charge in [0.05, 0.1) is 25.4 Å². The van der Waals surface area contributed by atoms with Gasteiger partial charge in [0.1, 0.15) is 6.54 Å². The molecule has 0 spiro atoms. The van der Waals surface area contributed by atoms with Crippen LogP contribution >= 0.6 is 0 Å². The fourth-order valence-corrected chi connectivity index (χ4v) is 3.08. The van der Waals surface area contributed by atoms with Crippen molar-refractivity contribution in [2.75, 3.05) is 47.0 Å². The van der Waals surface area contributed by atoms with Gasteiger partial charge in [-0.3, -0.25) is 4.79 Å². The maximum Gasteiger partial charge on any atom is 0.243 e. The van der Waals surface area contributed by atoms with Crippen molar-refractivity contribution in [1.29, 1.82) is 0 Å². The quantitative estimate of drug-likeness (QED) is 0.447. The van der Waals surface area contributed by atoms with Gasteiger partial charge in [-0.25, -0.2) is 4.99 Å². The number of carbonyl (C=O) groups is 1. The number of guanidine groups is 1. The molecule has 1 amide bonds. The number of nitrogens with zero attached hydrogens (tertiary/aromatic N) is 2. The van der Waals surface area contributed by atoms with Gasteiger partial charge in [-0.2, -0.15) is 0 Å². The number of rotatable bonds is 10. The first kappa shape index (κ1) is 23.8. The van der Waals surface area contributed by atoms with Gasteiger partial charge >= 0.3 is 0 Å². The molecule has 0 aliphatic carbocycles. The summed E-state index contributed by atoms with van der Waals surface area (Å²) >= 11 is 0. The second kappa shape index (κ2) is 12.3. The van der Waals surface area contributed by atoms with E-state index in [9.17, 15) is 4.79 Å². The van der Waals surface area contributed by atoms with Gasteiger partial charge in [0.2, 0.25) is 5.91 Å². The maximum absolute atomic E-state index is 12.0. The summed E-state index contributed by atoms with van der Waals surface area (Å²) in [6.45, 7) is 8.62. The van der Waals surface area contributed by atoms with E-state index in [1.807, 2.05) is 39.0 Å². The summed E-state index contributed by atoms with van der Waals surface area (Å²) in [5.74, 6) is 1.98. The van der Waals surface area contributed by atoms with E-state index in [1.165, 1.54) is 4.90 Å². The van der Waals surface area contributed by atoms with Gasteiger partial charge in [-0.1, -0.05) is 6.07 Å². The van der Waals surface area contributed by atoms with Crippen LogP contribution in [0.15, 0.2) is 23.2 Å². The van der Waals surface area contributed by atoms with Crippen molar-refractivity contribution in [3.05, 3.63) is 23.8 Å². The van der Waals surface area contributed by atoms with E-state index in [-0.39, 0.29) is 24.6 Å². The van der Waals surface area contributed by atoms with Crippen LogP contribution in [-0.4, -0.2) is 69.9 Å². The highest BCUT2D eigenvalue weighted by Crippen LogP contribution is 2.30. The number of nitrogens with one attached hydrogen (secondary N) is 2. The van der Waals surface area contributed by atoms with E-state index >= 15 is 0 Å². The van der Waals surface area contributed by atoms with Gasteiger partial charge in [0, 0.05) is 27.2 Å². The summed E-state index contributed by atoms with van der Waals surface area (Å²) in [6, 6.07) is 5.86. The van der Waals surface area contributed by atoms with Crippen LogP contribution in [0.3, 0.4) is 0 Å². The number of hydrogen-bond donors (Lipinski definition) is 2. The molecule has 1 aromatic carbocycles. The van der Waals surface area contributed by atoms with Crippen LogP contribution in [0.4, 0.5) is 0 Å². The number of amides is 1. The topological polar surface area (TPSA) is 84.4 Å². The number of hydrogen-bond acceptors (Lipinski definition) is 5. The van der Waals surface area contributed by atoms with Crippen molar-refractivity contribution in [2.45, 2.75) is 45.8 Å². The third-order valence-electron chi connectivity index (χ3n) is 4.81. The molecule has 2 N–H and O–H groups in total. The Hall–Kier alpha value is -2.48. The molecular formula is C22H36N4O4. The number of likely N-dealkylation sites (N-methyl/N-ethyl adjacent to an activating group) is 1. The van der Waals surface area contributed by atoms with Crippen LogP contribution in [0.1, 0.15) is 45.2 Å². The van der Waals surface area contributed by atoms with Crippen molar-refractivity contribution in [2.24, 2.45) is 4.99 Å². The van der Waals surface area contributed by atoms with E-state index in [1.54, 1.807) is 14.1 Å². The molecule has 1 heterocycles. The second-order valence-electron chi connectivity index (χ2n) is 7.41. The Labute approximate surface area is 180 Å². The minimum absolute atomic E-state index is 0.0508. The molecule has 1 aromatic rings. The molecule has 168 valence electrons. The number of carbonyl (C=O) groups excluding carboxylic acids is 1. The van der Waals surface area contributed by atoms with Crippen molar-refractivity contribution in [1.82, 2.24) is 15.5 Å². The lowest BCUT2D eigenvalue weighted by molar-refractivity contribution is -0.127. The van der Waals surface area contributed by atoms with Gasteiger partial charge in [0.25, 0.3) is 0 Å². The minimum atomic E-state index is -0.0550. The molecule has 2 unspecified atom stereocenters. The molecule has 0 aromatic heterocycles. The summed E-state index contributed by atoms with van der Waals surface area (Å²) in [7, 11) is 3.45. The normalized spacial score (nSPS) is 17.4. The first-order chi connectivity index (χ1) is 14.4. The predicted octanol–water partition coefficient (Wildman–Crippen LogP) is 2.35. The predicted molar refractivity (Wildman–Crippen MR) is 118 cm³/mol. The summed E-state index contributed by atoms with van der Waals surface area (Å²) in [5, 5.41) is 6.70. The van der Waals surface area contributed by atoms with E-state index in [4.69, 9.17) is 14.2 Å². The van der Waals surface area contributed by atoms with E-state index in [0.717, 1.165) is 36.5 Å². The van der Waals surface area contributed by atoms with Crippen LogP contribution < -0.4 is 20.1 Å². The first-order valence-corrected chi connectivity index (χ1v) is 10.7. The Morgan fingerprint density at radius 2 is 2.00 bits per heavy atom. The average Bonchev–Trinajstić information content (AvgIpc) is 3.24. The molecule has 2 atom stereocenters. The zero-order valence-corrected chi connectivity index (χ0v) is 18.9. The fourth-order valence-electron chi connectivity index (χ4n) is 3.08. The highest BCUT2D eigenvalue weighted by molar-refractivity contribution is 5.85. The zero-order chi connectivity index (χ0) is 21.9. The summed E-state index contributed by atoms with van der Waals surface area (Å²) in [5.41, 5.74) is 1.03. The molecule has 1 fully saturated rings. The SMILES string of the molecule is CCOc1ccc(C(C)NC(=NCC(=O)N(C)C)NCC2CCCO2)cc1OCC. The Kier molecular flexibility index (Phi) is 9.73. The number of benzene rings is 1. The highest BCUT2D eigenvalue weighted by Gasteiger charge is 2.17. The monoisotopic (exact) mass is 420 g/mol. The van der Waals surface area contributed by atoms with E-state index in [2.05, 4.69) is 15.6 Å². The zero-order valence-electron chi connectivity index (χ0n) is 18.9. The number of ether oxygens (including phenoxy) is 3. The third kappa shape index (κ3) is 7.40. The third-order valence-corrected chi connectivity index (χ3v) is 4.81. The molecule has 2 rings (SSSR count). The van der Waals surface area contributed by atoms with Gasteiger partial charge < -0.3 is 29.7 Å². The Morgan fingerprint density at radius 1 is 1.27 bits per heavy atom. The van der Waals surface area contributed by atoms with Crippen LogP contribution in [-0.2, 0) is 9.53 Å². The Balaban J connectivity index is 2.10. The summed E-state index contributed by atoms with van der Waals surface area (Å²) < 4.78 is 17.1. The Morgan fingerprint density at radius 3 is 2.63 bits per heavy atom. The Bertz CT molecular complexity index is 702. The molecule has 1 saturated heterocycles. The largest absolute Gasteiger partial charge is 0.490 e. The standard InChI is InChI=1S/C22H36N4O4/c1-6-28-19-11-10-17(13-20(19)29-7-2)16(3)25-22(24-15-21(27)26(4)5)23-14-18-9-8-12-30-18/h10-11,13,16,18H,6-9,12,14-15H2,1-5H3,(H2,23,24,25). The van der Waals surface area contributed by atoms with Crippen LogP contribution in [0, 0.1) is 0 Å². The minimum Gasteiger partial charge on any atom is -0.490 e. The molecule has 8 nitrogen and oxygen atoms in total. The van der Waals surface area contributed by atoms with E-state index < -0.39 is 0 Å². The van der Waals surface area contributed by atoms with Crippen LogP contribution in [0.25, 0.3) is 0 Å². The van der Waals surface area contributed by atoms with Gasteiger partial charge in [-0.05, 0) is 51.3 Å². The first-order valence-electron chi connectivity index (χ1n) is 10.7. The lowest BCUT2D eigenvalue weighted by Gasteiger charge is -2.21. The number of aliphatic imine (C=N–C) groups is 1. The molecule has 1 aliphatic heterocycles. The average molecular weight is 421 g/mol. The van der Waals surface area contributed by atoms with Crippen molar-refractivity contribution in [3.63, 3.8) is 0 Å². The molecule has 0 saturated carbocycles. The maximum atomic E-state index is 12.0. The second-order valence-corrected chi connectivity index (χ2v) is 7.41. The molecule has 0 radical (unpaired) electrons. The molecular weight excluding hydrogens is 384 g/mol. The molecule has 1 aliphatic rings. The lowest BCUT2D eigenvalue weighted by Crippen LogP contribution is -2.42. The lowest BCUT2D eigenvalue weighted by atomic mass is 10.1. The highest BCUT2D eigenvalue weighted by atomic mass is 16.5. The molecule has 30 heavy (non-hydrogen) atoms. The van der Waals surface area contributed by atoms with Crippen LogP contribution in [0.2, 0.25) is 0 Å². The summed E-state index contributed by atoms with van der Waals surface area (Å²) in [6.07, 6.45) is 2.28. The molecule has 8 heteroatoms. The van der Waals surface area contributed by atoms with Crippen molar-refractivity contribution in [3.8, 4) is 11.5 Å².